The lowest BCUT2D eigenvalue weighted by Gasteiger charge is -2.29. The summed E-state index contributed by atoms with van der Waals surface area (Å²) in [7, 11) is -6.39. The van der Waals surface area contributed by atoms with Crippen LogP contribution in [0.2, 0.25) is 0 Å². The van der Waals surface area contributed by atoms with Crippen LogP contribution < -0.4 is 30.7 Å². The Morgan fingerprint density at radius 2 is 0.625 bits per heavy atom. The maximum Gasteiger partial charge on any atom is 0.181 e. The summed E-state index contributed by atoms with van der Waals surface area (Å²) in [6, 6.07) is 45.1. The van der Waals surface area contributed by atoms with Crippen LogP contribution >= 0.6 is 14.3 Å². The minimum Gasteiger partial charge on any atom is -0.478 e. The average molecular weight is 567 g/mol. The zero-order chi connectivity index (χ0) is 28.0. The van der Waals surface area contributed by atoms with Crippen molar-refractivity contribution < 1.29 is 18.6 Å². The van der Waals surface area contributed by atoms with Gasteiger partial charge in [0.2, 0.25) is 0 Å². The third-order valence-corrected chi connectivity index (χ3v) is 13.5. The lowest BCUT2D eigenvalue weighted by molar-refractivity contribution is 0.247. The van der Waals surface area contributed by atoms with Gasteiger partial charge in [0.15, 0.2) is 37.5 Å². The van der Waals surface area contributed by atoms with Crippen molar-refractivity contribution >= 4 is 35.5 Å². The molecule has 0 saturated heterocycles. The molecule has 0 heterocycles. The van der Waals surface area contributed by atoms with Gasteiger partial charge in [-0.3, -0.25) is 0 Å². The summed E-state index contributed by atoms with van der Waals surface area (Å²) >= 11 is 0. The molecule has 0 spiro atoms. The number of hydrogen-bond acceptors (Lipinski definition) is 4. The van der Waals surface area contributed by atoms with Crippen molar-refractivity contribution in [1.82, 2.24) is 0 Å². The Morgan fingerprint density at radius 1 is 0.400 bits per heavy atom. The highest BCUT2D eigenvalue weighted by Gasteiger charge is 2.38. The summed E-state index contributed by atoms with van der Waals surface area (Å²) in [5.74, 6) is -0.483. The van der Waals surface area contributed by atoms with Crippen molar-refractivity contribution in [3.8, 4) is 11.5 Å². The second-order valence-electron chi connectivity index (χ2n) is 9.54. The van der Waals surface area contributed by atoms with Crippen molar-refractivity contribution in [1.29, 1.82) is 0 Å². The fourth-order valence-corrected chi connectivity index (χ4v) is 10.2. The number of ether oxygens (including phenoxy) is 2. The highest BCUT2D eigenvalue weighted by atomic mass is 31.2. The fourth-order valence-electron chi connectivity index (χ4n) is 4.90. The molecule has 0 N–H and O–H groups in total. The van der Waals surface area contributed by atoms with Crippen molar-refractivity contribution in [2.75, 3.05) is 0 Å². The van der Waals surface area contributed by atoms with E-state index in [4.69, 9.17) is 9.47 Å². The number of para-hydroxylation sites is 2. The topological polar surface area (TPSA) is 52.6 Å². The third-order valence-electron chi connectivity index (χ3n) is 7.03. The zero-order valence-corrected chi connectivity index (χ0v) is 24.3. The predicted molar refractivity (Wildman–Crippen MR) is 166 cm³/mol. The van der Waals surface area contributed by atoms with E-state index < -0.39 is 26.0 Å². The molecule has 0 amide bonds. The van der Waals surface area contributed by atoms with Crippen LogP contribution in [-0.4, -0.2) is 11.7 Å². The zero-order valence-electron chi connectivity index (χ0n) is 22.5. The van der Waals surface area contributed by atoms with Gasteiger partial charge in [0.25, 0.3) is 0 Å². The van der Waals surface area contributed by atoms with Gasteiger partial charge >= 0.3 is 0 Å². The standard InChI is InChI=1S/C34H32O4P2/c1-27(39(35,29-17-7-3-8-18-29)30-19-9-4-10-20-30)37-33-25-15-16-26-34(33)38-28(2)40(36,31-21-11-5-12-22-31)32-23-13-6-14-24-32/h3-28H,1-2H3. The van der Waals surface area contributed by atoms with Gasteiger partial charge in [-0.1, -0.05) is 133 Å². The normalized spacial score (nSPS) is 13.2. The van der Waals surface area contributed by atoms with Crippen LogP contribution in [0.4, 0.5) is 0 Å². The van der Waals surface area contributed by atoms with Crippen molar-refractivity contribution in [3.63, 3.8) is 0 Å². The van der Waals surface area contributed by atoms with E-state index >= 15 is 0 Å². The van der Waals surface area contributed by atoms with E-state index in [9.17, 15) is 9.13 Å². The first-order valence-electron chi connectivity index (χ1n) is 13.3. The Labute approximate surface area is 236 Å². The molecule has 202 valence electrons. The Morgan fingerprint density at radius 3 is 0.875 bits per heavy atom. The summed E-state index contributed by atoms with van der Waals surface area (Å²) in [4.78, 5) is 0. The predicted octanol–water partition coefficient (Wildman–Crippen LogP) is 7.16. The smallest absolute Gasteiger partial charge is 0.181 e. The number of benzene rings is 5. The first kappa shape index (κ1) is 27.7. The molecule has 0 aliphatic rings. The van der Waals surface area contributed by atoms with E-state index in [0.717, 1.165) is 21.2 Å². The summed E-state index contributed by atoms with van der Waals surface area (Å²) in [5.41, 5.74) is 0. The van der Waals surface area contributed by atoms with Crippen LogP contribution in [0.5, 0.6) is 11.5 Å². The van der Waals surface area contributed by atoms with E-state index in [1.807, 2.05) is 147 Å². The molecule has 0 fully saturated rings. The van der Waals surface area contributed by atoms with E-state index in [1.165, 1.54) is 0 Å². The van der Waals surface area contributed by atoms with E-state index in [1.54, 1.807) is 12.1 Å². The molecule has 0 aliphatic carbocycles. The highest BCUT2D eigenvalue weighted by Crippen LogP contribution is 2.52. The van der Waals surface area contributed by atoms with Gasteiger partial charge in [0, 0.05) is 21.2 Å². The molecule has 0 saturated carbocycles. The largest absolute Gasteiger partial charge is 0.478 e. The fraction of sp³-hybridized carbons (Fsp3) is 0.118. The summed E-state index contributed by atoms with van der Waals surface area (Å²) in [5, 5.41) is 2.88. The molecule has 2 atom stereocenters. The van der Waals surface area contributed by atoms with Gasteiger partial charge < -0.3 is 18.6 Å². The second-order valence-corrected chi connectivity index (χ2v) is 15.7. The maximum atomic E-state index is 14.8. The van der Waals surface area contributed by atoms with E-state index in [0.29, 0.717) is 11.5 Å². The SMILES string of the molecule is CC(Oc1ccccc1OC(C)P(=O)(c1ccccc1)c1ccccc1)P(=O)(c1ccccc1)c1ccccc1. The Hall–Kier alpha value is -3.84. The molecule has 6 heteroatoms. The van der Waals surface area contributed by atoms with Crippen LogP contribution in [0, 0.1) is 0 Å². The van der Waals surface area contributed by atoms with Crippen LogP contribution in [0.3, 0.4) is 0 Å². The van der Waals surface area contributed by atoms with Gasteiger partial charge in [0.05, 0.1) is 0 Å². The van der Waals surface area contributed by atoms with Crippen molar-refractivity contribution in [3.05, 3.63) is 146 Å². The Balaban J connectivity index is 1.50. The third kappa shape index (κ3) is 5.43. The molecule has 0 radical (unpaired) electrons. The van der Waals surface area contributed by atoms with Gasteiger partial charge in [-0.2, -0.15) is 0 Å². The van der Waals surface area contributed by atoms with Gasteiger partial charge in [0.1, 0.15) is 0 Å². The van der Waals surface area contributed by atoms with Crippen LogP contribution in [0.15, 0.2) is 146 Å². The minimum atomic E-state index is -3.20. The summed E-state index contributed by atoms with van der Waals surface area (Å²) in [6.45, 7) is 3.67. The van der Waals surface area contributed by atoms with E-state index in [-0.39, 0.29) is 0 Å². The van der Waals surface area contributed by atoms with Crippen LogP contribution in [0.1, 0.15) is 13.8 Å². The summed E-state index contributed by atoms with van der Waals surface area (Å²) < 4.78 is 42.5. The molecule has 0 aromatic heterocycles. The first-order chi connectivity index (χ1) is 19.4. The lowest BCUT2D eigenvalue weighted by Crippen LogP contribution is -2.29. The second kappa shape index (κ2) is 12.1. The highest BCUT2D eigenvalue weighted by molar-refractivity contribution is 7.79. The average Bonchev–Trinajstić information content (AvgIpc) is 3.02. The minimum absolute atomic E-state index is 0.446. The molecule has 0 aliphatic heterocycles. The monoisotopic (exact) mass is 566 g/mol. The van der Waals surface area contributed by atoms with Crippen molar-refractivity contribution in [2.24, 2.45) is 0 Å². The molecule has 40 heavy (non-hydrogen) atoms. The Bertz CT molecular complexity index is 1410. The van der Waals surface area contributed by atoms with Crippen molar-refractivity contribution in [2.45, 2.75) is 25.5 Å². The van der Waals surface area contributed by atoms with Gasteiger partial charge in [-0.25, -0.2) is 0 Å². The molecule has 5 rings (SSSR count). The molecule has 5 aromatic rings. The number of hydrogen-bond donors (Lipinski definition) is 0. The first-order valence-corrected chi connectivity index (χ1v) is 16.8. The molecular weight excluding hydrogens is 534 g/mol. The van der Waals surface area contributed by atoms with Gasteiger partial charge in [-0.15, -0.1) is 0 Å². The molecule has 0 bridgehead atoms. The number of rotatable bonds is 10. The summed E-state index contributed by atoms with van der Waals surface area (Å²) in [6.07, 6.45) is 0. The Kier molecular flexibility index (Phi) is 8.40. The van der Waals surface area contributed by atoms with Crippen LogP contribution in [-0.2, 0) is 9.13 Å². The molecular formula is C34H32O4P2. The molecule has 5 aromatic carbocycles. The lowest BCUT2D eigenvalue weighted by atomic mass is 10.3. The molecule has 2 unspecified atom stereocenters. The maximum absolute atomic E-state index is 14.8. The van der Waals surface area contributed by atoms with Crippen LogP contribution in [0.25, 0.3) is 0 Å². The van der Waals surface area contributed by atoms with Gasteiger partial charge in [-0.05, 0) is 26.0 Å². The molecule has 4 nitrogen and oxygen atoms in total. The van der Waals surface area contributed by atoms with E-state index in [2.05, 4.69) is 0 Å². The quantitative estimate of drug-likeness (QED) is 0.168.